The average molecular weight is 337 g/mol. The third-order valence-electron chi connectivity index (χ3n) is 3.62. The van der Waals surface area contributed by atoms with Crippen molar-refractivity contribution < 1.29 is 24.0 Å². The summed E-state index contributed by atoms with van der Waals surface area (Å²) in [5.41, 5.74) is 0. The number of amides is 5. The molecule has 0 atom stereocenters. The molecule has 0 aromatic rings. The van der Waals surface area contributed by atoms with Gasteiger partial charge in [0.05, 0.1) is 0 Å². The SMILES string of the molecule is CCCCNC(=O)CCN1C(=O)C=CC1=O.CN1C(=O)CCC1=O. The number of hydrogen-bond donors (Lipinski definition) is 1. The van der Waals surface area contributed by atoms with Crippen LogP contribution >= 0.6 is 0 Å². The highest BCUT2D eigenvalue weighted by Gasteiger charge is 2.24. The van der Waals surface area contributed by atoms with E-state index in [0.29, 0.717) is 19.4 Å². The normalized spacial score (nSPS) is 16.6. The first-order chi connectivity index (χ1) is 11.4. The summed E-state index contributed by atoms with van der Waals surface area (Å²) in [7, 11) is 1.51. The molecule has 1 fully saturated rings. The van der Waals surface area contributed by atoms with E-state index in [4.69, 9.17) is 0 Å². The maximum absolute atomic E-state index is 11.3. The van der Waals surface area contributed by atoms with Crippen LogP contribution in [0, 0.1) is 0 Å². The first kappa shape index (κ1) is 19.5. The molecule has 2 aliphatic heterocycles. The molecule has 132 valence electrons. The molecule has 5 amide bonds. The molecule has 24 heavy (non-hydrogen) atoms. The van der Waals surface area contributed by atoms with Crippen molar-refractivity contribution in [2.75, 3.05) is 20.1 Å². The van der Waals surface area contributed by atoms with E-state index in [1.54, 1.807) is 0 Å². The molecular weight excluding hydrogens is 314 g/mol. The average Bonchev–Trinajstić information content (AvgIpc) is 3.03. The predicted molar refractivity (Wildman–Crippen MR) is 85.4 cm³/mol. The Hall–Kier alpha value is -2.51. The summed E-state index contributed by atoms with van der Waals surface area (Å²) in [6.45, 7) is 2.84. The standard InChI is InChI=1S/C11H16N2O3.C5H7NO2/c1-2-3-7-12-9(14)6-8-13-10(15)4-5-11(13)16;1-6-4(7)2-3-5(6)8/h4-5H,2-3,6-8H2,1H3,(H,12,14);2-3H2,1H3. The minimum Gasteiger partial charge on any atom is -0.356 e. The largest absolute Gasteiger partial charge is 0.356 e. The number of nitrogens with one attached hydrogen (secondary N) is 1. The molecule has 2 rings (SSSR count). The Balaban J connectivity index is 0.000000300. The quantitative estimate of drug-likeness (QED) is 0.542. The van der Waals surface area contributed by atoms with Gasteiger partial charge in [0.25, 0.3) is 11.8 Å². The minimum absolute atomic E-state index is 0.0602. The van der Waals surface area contributed by atoms with Crippen LogP contribution in [0.4, 0.5) is 0 Å². The van der Waals surface area contributed by atoms with Gasteiger partial charge in [0.2, 0.25) is 17.7 Å². The molecule has 2 aliphatic rings. The Morgan fingerprint density at radius 3 is 2.04 bits per heavy atom. The summed E-state index contributed by atoms with van der Waals surface area (Å²) in [6, 6.07) is 0. The smallest absolute Gasteiger partial charge is 0.253 e. The molecule has 0 aliphatic carbocycles. The zero-order chi connectivity index (χ0) is 18.1. The zero-order valence-corrected chi connectivity index (χ0v) is 14.0. The van der Waals surface area contributed by atoms with Gasteiger partial charge in [-0.25, -0.2) is 0 Å². The van der Waals surface area contributed by atoms with E-state index in [1.807, 2.05) is 6.92 Å². The summed E-state index contributed by atoms with van der Waals surface area (Å²) in [5.74, 6) is -0.927. The van der Waals surface area contributed by atoms with Gasteiger partial charge in [-0.2, -0.15) is 0 Å². The second-order valence-corrected chi connectivity index (χ2v) is 5.46. The van der Waals surface area contributed by atoms with Gasteiger partial charge in [-0.15, -0.1) is 0 Å². The van der Waals surface area contributed by atoms with Crippen LogP contribution in [-0.2, 0) is 24.0 Å². The lowest BCUT2D eigenvalue weighted by Crippen LogP contribution is -2.34. The molecular formula is C16H23N3O5. The molecule has 0 bridgehead atoms. The topological polar surface area (TPSA) is 104 Å². The van der Waals surface area contributed by atoms with Crippen LogP contribution in [0.25, 0.3) is 0 Å². The van der Waals surface area contributed by atoms with E-state index < -0.39 is 0 Å². The fourth-order valence-corrected chi connectivity index (χ4v) is 2.05. The molecule has 1 N–H and O–H groups in total. The number of likely N-dealkylation sites (tertiary alicyclic amines) is 1. The highest BCUT2D eigenvalue weighted by molar-refractivity contribution is 6.13. The number of rotatable bonds is 6. The number of nitrogens with zero attached hydrogens (tertiary/aromatic N) is 2. The fraction of sp³-hybridized carbons (Fsp3) is 0.562. The van der Waals surface area contributed by atoms with Crippen LogP contribution in [0.3, 0.4) is 0 Å². The van der Waals surface area contributed by atoms with E-state index >= 15 is 0 Å². The molecule has 0 saturated carbocycles. The Bertz CT molecular complexity index is 522. The van der Waals surface area contributed by atoms with Gasteiger partial charge in [0, 0.05) is 51.6 Å². The lowest BCUT2D eigenvalue weighted by molar-refractivity contribution is -0.138. The van der Waals surface area contributed by atoms with E-state index in [-0.39, 0.29) is 42.5 Å². The fourth-order valence-electron chi connectivity index (χ4n) is 2.05. The Morgan fingerprint density at radius 1 is 1.08 bits per heavy atom. The van der Waals surface area contributed by atoms with Crippen molar-refractivity contribution in [1.82, 2.24) is 15.1 Å². The van der Waals surface area contributed by atoms with Crippen LogP contribution < -0.4 is 5.32 Å². The van der Waals surface area contributed by atoms with Crippen LogP contribution in [0.15, 0.2) is 12.2 Å². The molecule has 8 heteroatoms. The lowest BCUT2D eigenvalue weighted by atomic mass is 10.3. The van der Waals surface area contributed by atoms with E-state index in [2.05, 4.69) is 5.32 Å². The van der Waals surface area contributed by atoms with E-state index in [1.165, 1.54) is 24.1 Å². The predicted octanol–water partition coefficient (Wildman–Crippen LogP) is -0.0170. The van der Waals surface area contributed by atoms with Crippen molar-refractivity contribution in [3.8, 4) is 0 Å². The van der Waals surface area contributed by atoms with Crippen molar-refractivity contribution in [2.24, 2.45) is 0 Å². The first-order valence-corrected chi connectivity index (χ1v) is 7.96. The highest BCUT2D eigenvalue weighted by Crippen LogP contribution is 2.07. The molecule has 2 heterocycles. The molecule has 0 unspecified atom stereocenters. The summed E-state index contributed by atoms with van der Waals surface area (Å²) >= 11 is 0. The van der Waals surface area contributed by atoms with Crippen molar-refractivity contribution >= 4 is 29.5 Å². The van der Waals surface area contributed by atoms with Gasteiger partial charge in [-0.3, -0.25) is 33.8 Å². The molecule has 0 aromatic heterocycles. The van der Waals surface area contributed by atoms with E-state index in [9.17, 15) is 24.0 Å². The summed E-state index contributed by atoms with van der Waals surface area (Å²) in [6.07, 6.45) is 5.37. The van der Waals surface area contributed by atoms with Crippen molar-refractivity contribution in [3.05, 3.63) is 12.2 Å². The number of carbonyl (C=O) groups excluding carboxylic acids is 5. The number of unbranched alkanes of at least 4 members (excludes halogenated alkanes) is 1. The van der Waals surface area contributed by atoms with Gasteiger partial charge < -0.3 is 5.32 Å². The lowest BCUT2D eigenvalue weighted by Gasteiger charge is -2.13. The number of imide groups is 2. The molecule has 0 aromatic carbocycles. The summed E-state index contributed by atoms with van der Waals surface area (Å²) in [4.78, 5) is 56.8. The second kappa shape index (κ2) is 9.59. The third kappa shape index (κ3) is 5.94. The summed E-state index contributed by atoms with van der Waals surface area (Å²) in [5, 5.41) is 2.73. The Labute approximate surface area is 140 Å². The van der Waals surface area contributed by atoms with Crippen LogP contribution in [0.1, 0.15) is 39.0 Å². The Morgan fingerprint density at radius 2 is 1.62 bits per heavy atom. The first-order valence-electron chi connectivity index (χ1n) is 7.96. The maximum atomic E-state index is 11.3. The monoisotopic (exact) mass is 337 g/mol. The van der Waals surface area contributed by atoms with Crippen LogP contribution in [-0.4, -0.2) is 59.5 Å². The second-order valence-electron chi connectivity index (χ2n) is 5.46. The van der Waals surface area contributed by atoms with E-state index in [0.717, 1.165) is 17.7 Å². The van der Waals surface area contributed by atoms with Crippen molar-refractivity contribution in [1.29, 1.82) is 0 Å². The highest BCUT2D eigenvalue weighted by atomic mass is 16.2. The molecule has 0 radical (unpaired) electrons. The molecule has 1 saturated heterocycles. The van der Waals surface area contributed by atoms with Gasteiger partial charge in [0.15, 0.2) is 0 Å². The third-order valence-corrected chi connectivity index (χ3v) is 3.62. The van der Waals surface area contributed by atoms with Gasteiger partial charge in [0.1, 0.15) is 0 Å². The van der Waals surface area contributed by atoms with Gasteiger partial charge in [-0.05, 0) is 6.42 Å². The Kier molecular flexibility index (Phi) is 7.81. The minimum atomic E-state index is -0.341. The maximum Gasteiger partial charge on any atom is 0.253 e. The summed E-state index contributed by atoms with van der Waals surface area (Å²) < 4.78 is 0. The van der Waals surface area contributed by atoms with Gasteiger partial charge >= 0.3 is 0 Å². The molecule has 8 nitrogen and oxygen atoms in total. The van der Waals surface area contributed by atoms with Crippen molar-refractivity contribution in [2.45, 2.75) is 39.0 Å². The van der Waals surface area contributed by atoms with Gasteiger partial charge in [-0.1, -0.05) is 13.3 Å². The number of hydrogen-bond acceptors (Lipinski definition) is 5. The number of carbonyl (C=O) groups is 5. The van der Waals surface area contributed by atoms with Crippen molar-refractivity contribution in [3.63, 3.8) is 0 Å². The zero-order valence-electron chi connectivity index (χ0n) is 14.0. The van der Waals surface area contributed by atoms with Crippen LogP contribution in [0.5, 0.6) is 0 Å². The van der Waals surface area contributed by atoms with Crippen LogP contribution in [0.2, 0.25) is 0 Å². The molecule has 0 spiro atoms.